The van der Waals surface area contributed by atoms with Crippen molar-refractivity contribution < 1.29 is 9.53 Å². The zero-order chi connectivity index (χ0) is 21.4. The van der Waals surface area contributed by atoms with Gasteiger partial charge in [0.2, 0.25) is 0 Å². The highest BCUT2D eigenvalue weighted by Gasteiger charge is 2.30. The lowest BCUT2D eigenvalue weighted by atomic mass is 10.1. The fourth-order valence-electron chi connectivity index (χ4n) is 3.92. The van der Waals surface area contributed by atoms with E-state index in [1.165, 1.54) is 0 Å². The van der Waals surface area contributed by atoms with Crippen molar-refractivity contribution in [2.75, 3.05) is 13.1 Å². The van der Waals surface area contributed by atoms with Crippen molar-refractivity contribution in [2.24, 2.45) is 0 Å². The molecule has 4 aromatic rings. The molecule has 1 N–H and O–H groups in total. The van der Waals surface area contributed by atoms with Crippen molar-refractivity contribution in [1.29, 1.82) is 0 Å². The van der Waals surface area contributed by atoms with Crippen molar-refractivity contribution >= 4 is 23.2 Å². The Morgan fingerprint density at radius 3 is 3.06 bits per heavy atom. The summed E-state index contributed by atoms with van der Waals surface area (Å²) in [5.41, 5.74) is 4.22. The van der Waals surface area contributed by atoms with Gasteiger partial charge in [-0.05, 0) is 55.3 Å². The Bertz CT molecular complexity index is 1250. The van der Waals surface area contributed by atoms with Gasteiger partial charge in [0.15, 0.2) is 0 Å². The van der Waals surface area contributed by atoms with Crippen LogP contribution in [0, 0.1) is 6.92 Å². The maximum Gasteiger partial charge on any atom is 0.274 e. The Kier molecular flexibility index (Phi) is 5.11. The average molecular weight is 436 g/mol. The summed E-state index contributed by atoms with van der Waals surface area (Å²) in [4.78, 5) is 19.3. The summed E-state index contributed by atoms with van der Waals surface area (Å²) in [6.07, 6.45) is 4.60. The molecule has 0 radical (unpaired) electrons. The van der Waals surface area contributed by atoms with Crippen molar-refractivity contribution in [3.05, 3.63) is 82.5 Å². The number of carbonyl (C=O) groups excluding carboxylic acids is 1. The maximum atomic E-state index is 13.0. The maximum absolute atomic E-state index is 13.0. The predicted molar refractivity (Wildman–Crippen MR) is 118 cm³/mol. The van der Waals surface area contributed by atoms with Crippen LogP contribution in [0.1, 0.15) is 39.8 Å². The molecule has 1 fully saturated rings. The molecule has 31 heavy (non-hydrogen) atoms. The lowest BCUT2D eigenvalue weighted by molar-refractivity contribution is 0.0785. The smallest absolute Gasteiger partial charge is 0.274 e. The van der Waals surface area contributed by atoms with E-state index >= 15 is 0 Å². The summed E-state index contributed by atoms with van der Waals surface area (Å²) >= 11 is 5.99. The van der Waals surface area contributed by atoms with Gasteiger partial charge >= 0.3 is 0 Å². The Labute approximate surface area is 184 Å². The third kappa shape index (κ3) is 4.14. The van der Waals surface area contributed by atoms with Crippen LogP contribution in [0.3, 0.4) is 0 Å². The van der Waals surface area contributed by atoms with Crippen LogP contribution in [0.25, 0.3) is 5.65 Å². The van der Waals surface area contributed by atoms with Crippen LogP contribution in [-0.2, 0) is 6.61 Å². The molecule has 0 unspecified atom stereocenters. The monoisotopic (exact) mass is 435 g/mol. The number of pyridine rings is 1. The van der Waals surface area contributed by atoms with Crippen LogP contribution in [-0.4, -0.2) is 43.5 Å². The van der Waals surface area contributed by atoms with Gasteiger partial charge in [-0.2, -0.15) is 5.10 Å². The number of halogens is 1. The van der Waals surface area contributed by atoms with E-state index in [2.05, 4.69) is 15.2 Å². The first-order valence-electron chi connectivity index (χ1n) is 10.2. The summed E-state index contributed by atoms with van der Waals surface area (Å²) in [5, 5.41) is 8.13. The summed E-state index contributed by atoms with van der Waals surface area (Å²) < 4.78 is 7.66. The molecule has 1 atom stereocenters. The number of likely N-dealkylation sites (tertiary alicyclic amines) is 1. The first-order valence-corrected chi connectivity index (χ1v) is 10.6. The van der Waals surface area contributed by atoms with Crippen LogP contribution >= 0.6 is 11.6 Å². The molecule has 1 aromatic carbocycles. The number of benzene rings is 1. The van der Waals surface area contributed by atoms with Gasteiger partial charge in [-0.1, -0.05) is 17.7 Å². The van der Waals surface area contributed by atoms with E-state index in [1.807, 2.05) is 58.8 Å². The van der Waals surface area contributed by atoms with Gasteiger partial charge < -0.3 is 14.0 Å². The largest absolute Gasteiger partial charge is 0.487 e. The number of aryl methyl sites for hydroxylation is 1. The summed E-state index contributed by atoms with van der Waals surface area (Å²) in [7, 11) is 0. The van der Waals surface area contributed by atoms with E-state index in [9.17, 15) is 4.79 Å². The molecule has 5 rings (SSSR count). The Morgan fingerprint density at radius 2 is 2.19 bits per heavy atom. The second kappa shape index (κ2) is 8.07. The molecule has 0 spiro atoms. The number of H-pyrrole nitrogens is 1. The zero-order valence-corrected chi connectivity index (χ0v) is 17.8. The van der Waals surface area contributed by atoms with Gasteiger partial charge in [-0.3, -0.25) is 9.89 Å². The van der Waals surface area contributed by atoms with Gasteiger partial charge in [0.25, 0.3) is 5.91 Å². The Hall–Kier alpha value is -3.32. The molecule has 1 amide bonds. The minimum atomic E-state index is -0.0381. The molecule has 1 saturated heterocycles. The second-order valence-electron chi connectivity index (χ2n) is 7.90. The molecule has 158 valence electrons. The summed E-state index contributed by atoms with van der Waals surface area (Å²) in [6, 6.07) is 13.3. The number of hydrogen-bond acceptors (Lipinski definition) is 4. The van der Waals surface area contributed by atoms with E-state index in [4.69, 9.17) is 16.3 Å². The predicted octanol–water partition coefficient (Wildman–Crippen LogP) is 4.23. The van der Waals surface area contributed by atoms with Crippen LogP contribution in [0.2, 0.25) is 5.02 Å². The van der Waals surface area contributed by atoms with Gasteiger partial charge in [0.1, 0.15) is 23.7 Å². The molecular weight excluding hydrogens is 414 g/mol. The number of imidazole rings is 1. The number of amides is 1. The van der Waals surface area contributed by atoms with Crippen LogP contribution in [0.4, 0.5) is 0 Å². The van der Waals surface area contributed by atoms with Gasteiger partial charge in [0.05, 0.1) is 11.4 Å². The molecule has 7 nitrogen and oxygen atoms in total. The number of nitrogens with zero attached hydrogens (tertiary/aromatic N) is 4. The minimum Gasteiger partial charge on any atom is -0.487 e. The molecule has 3 aromatic heterocycles. The molecule has 4 heterocycles. The Morgan fingerprint density at radius 1 is 1.29 bits per heavy atom. The number of aromatic amines is 1. The highest BCUT2D eigenvalue weighted by Crippen LogP contribution is 2.28. The van der Waals surface area contributed by atoms with Crippen molar-refractivity contribution in [3.63, 3.8) is 0 Å². The topological polar surface area (TPSA) is 75.5 Å². The fourth-order valence-corrected chi connectivity index (χ4v) is 4.10. The zero-order valence-electron chi connectivity index (χ0n) is 17.1. The normalized spacial score (nSPS) is 16.2. The van der Waals surface area contributed by atoms with E-state index in [0.717, 1.165) is 29.0 Å². The highest BCUT2D eigenvalue weighted by atomic mass is 35.5. The van der Waals surface area contributed by atoms with Crippen molar-refractivity contribution in [2.45, 2.75) is 25.9 Å². The number of hydrogen-bond donors (Lipinski definition) is 1. The summed E-state index contributed by atoms with van der Waals surface area (Å²) in [5.74, 6) is 0.868. The standard InChI is InChI=1S/C23H22ClN5O2/c1-15-5-7-28-13-21(25-22(28)9-15)23(30)29-8-6-16(12-29)20-11-18(26-27-20)14-31-19-4-2-3-17(24)10-19/h2-5,7,9-11,13,16H,6,8,12,14H2,1H3,(H,26,27)/t16-/m1/s1. The minimum absolute atomic E-state index is 0.0381. The summed E-state index contributed by atoms with van der Waals surface area (Å²) in [6.45, 7) is 3.71. The average Bonchev–Trinajstić information content (AvgIpc) is 3.50. The fraction of sp³-hybridized carbons (Fsp3) is 0.261. The van der Waals surface area contributed by atoms with Gasteiger partial charge in [-0.25, -0.2) is 4.98 Å². The van der Waals surface area contributed by atoms with E-state index in [0.29, 0.717) is 36.2 Å². The molecular formula is C23H22ClN5O2. The van der Waals surface area contributed by atoms with E-state index in [1.54, 1.807) is 12.3 Å². The SMILES string of the molecule is Cc1ccn2cc(C(=O)N3CC[C@@H](c4cc(COc5cccc(Cl)c5)[nH]n4)C3)nc2c1. The van der Waals surface area contributed by atoms with E-state index < -0.39 is 0 Å². The molecule has 1 aliphatic heterocycles. The number of aromatic nitrogens is 4. The molecule has 8 heteroatoms. The third-order valence-electron chi connectivity index (χ3n) is 5.57. The second-order valence-corrected chi connectivity index (χ2v) is 8.33. The Balaban J connectivity index is 1.22. The number of fused-ring (bicyclic) bond motifs is 1. The number of carbonyl (C=O) groups is 1. The molecule has 0 aliphatic carbocycles. The number of ether oxygens (including phenoxy) is 1. The number of rotatable bonds is 5. The third-order valence-corrected chi connectivity index (χ3v) is 5.80. The first kappa shape index (κ1) is 19.6. The van der Waals surface area contributed by atoms with Gasteiger partial charge in [-0.15, -0.1) is 0 Å². The first-order chi connectivity index (χ1) is 15.0. The van der Waals surface area contributed by atoms with Crippen LogP contribution < -0.4 is 4.74 Å². The van der Waals surface area contributed by atoms with Gasteiger partial charge in [0, 0.05) is 36.4 Å². The van der Waals surface area contributed by atoms with E-state index in [-0.39, 0.29) is 11.8 Å². The van der Waals surface area contributed by atoms with Crippen molar-refractivity contribution in [3.8, 4) is 5.75 Å². The van der Waals surface area contributed by atoms with Crippen LogP contribution in [0.15, 0.2) is 54.9 Å². The lowest BCUT2D eigenvalue weighted by Crippen LogP contribution is -2.28. The lowest BCUT2D eigenvalue weighted by Gasteiger charge is -2.14. The van der Waals surface area contributed by atoms with Crippen molar-refractivity contribution in [1.82, 2.24) is 24.5 Å². The van der Waals surface area contributed by atoms with Crippen LogP contribution in [0.5, 0.6) is 5.75 Å². The number of nitrogens with one attached hydrogen (secondary N) is 1. The highest BCUT2D eigenvalue weighted by molar-refractivity contribution is 6.30. The molecule has 0 bridgehead atoms. The molecule has 1 aliphatic rings. The quantitative estimate of drug-likeness (QED) is 0.509. The molecule has 0 saturated carbocycles.